The van der Waals surface area contributed by atoms with Crippen molar-refractivity contribution in [1.82, 2.24) is 29.1 Å². The predicted molar refractivity (Wildman–Crippen MR) is 207 cm³/mol. The molecular formula is C40H46F2N8O8. The van der Waals surface area contributed by atoms with E-state index in [-0.39, 0.29) is 56.3 Å². The number of rotatable bonds is 15. The van der Waals surface area contributed by atoms with Crippen LogP contribution in [0.1, 0.15) is 51.1 Å². The van der Waals surface area contributed by atoms with Gasteiger partial charge in [0.2, 0.25) is 5.79 Å². The zero-order valence-corrected chi connectivity index (χ0v) is 32.2. The van der Waals surface area contributed by atoms with Crippen LogP contribution in [0.4, 0.5) is 20.2 Å². The maximum absolute atomic E-state index is 14.9. The van der Waals surface area contributed by atoms with Crippen LogP contribution in [-0.4, -0.2) is 96.8 Å². The summed E-state index contributed by atoms with van der Waals surface area (Å²) in [5.74, 6) is -4.19. The zero-order chi connectivity index (χ0) is 41.2. The zero-order valence-electron chi connectivity index (χ0n) is 32.2. The van der Waals surface area contributed by atoms with Crippen LogP contribution >= 0.6 is 0 Å². The molecule has 2 N–H and O–H groups in total. The molecule has 0 radical (unpaired) electrons. The molecule has 3 atom stereocenters. The lowest BCUT2D eigenvalue weighted by Crippen LogP contribution is -2.46. The van der Waals surface area contributed by atoms with Crippen LogP contribution in [0.25, 0.3) is 5.69 Å². The third-order valence-corrected chi connectivity index (χ3v) is 9.93. The number of benzene rings is 3. The van der Waals surface area contributed by atoms with Gasteiger partial charge in [-0.25, -0.2) is 32.5 Å². The second-order valence-corrected chi connectivity index (χ2v) is 13.9. The van der Waals surface area contributed by atoms with Crippen molar-refractivity contribution in [2.75, 3.05) is 49.2 Å². The number of piperazine rings is 1. The Morgan fingerprint density at radius 3 is 2.09 bits per heavy atom. The van der Waals surface area contributed by atoms with Gasteiger partial charge in [-0.1, -0.05) is 6.92 Å². The summed E-state index contributed by atoms with van der Waals surface area (Å²) in [6, 6.07) is 19.3. The van der Waals surface area contributed by atoms with Crippen LogP contribution in [0.5, 0.6) is 5.75 Å². The number of halogens is 2. The molecule has 0 saturated carbocycles. The van der Waals surface area contributed by atoms with E-state index < -0.39 is 35.5 Å². The van der Waals surface area contributed by atoms with Crippen molar-refractivity contribution >= 4 is 23.3 Å². The monoisotopic (exact) mass is 804 g/mol. The van der Waals surface area contributed by atoms with E-state index in [1.54, 1.807) is 10.9 Å². The molecule has 308 valence electrons. The number of anilines is 2. The van der Waals surface area contributed by atoms with Crippen LogP contribution in [-0.2, 0) is 31.4 Å². The fraction of sp³-hybridized carbons (Fsp3) is 0.400. The highest BCUT2D eigenvalue weighted by atomic mass is 19.1. The van der Waals surface area contributed by atoms with E-state index in [9.17, 15) is 23.2 Å². The van der Waals surface area contributed by atoms with Gasteiger partial charge in [0, 0.05) is 62.0 Å². The van der Waals surface area contributed by atoms with Gasteiger partial charge in [0.25, 0.3) is 0 Å². The first-order valence-electron chi connectivity index (χ1n) is 19.0. The maximum atomic E-state index is 14.9. The van der Waals surface area contributed by atoms with Gasteiger partial charge in [-0.15, -0.1) is 0 Å². The van der Waals surface area contributed by atoms with Crippen LogP contribution in [0.3, 0.4) is 0 Å². The Bertz CT molecular complexity index is 2160. The number of hydrogen-bond donors (Lipinski definition) is 2. The molecule has 18 heteroatoms. The average molecular weight is 805 g/mol. The van der Waals surface area contributed by atoms with Crippen molar-refractivity contribution in [2.24, 2.45) is 0 Å². The van der Waals surface area contributed by atoms with E-state index in [1.165, 1.54) is 34.2 Å². The van der Waals surface area contributed by atoms with Crippen molar-refractivity contribution in [3.8, 4) is 11.4 Å². The minimum Gasteiger partial charge on any atom is -0.491 e. The van der Waals surface area contributed by atoms with Gasteiger partial charge in [0.15, 0.2) is 0 Å². The molecule has 2 aliphatic heterocycles. The van der Waals surface area contributed by atoms with E-state index in [2.05, 4.69) is 37.1 Å². The number of hydrogen-bond acceptors (Lipinski definition) is 11. The maximum Gasteiger partial charge on any atom is 0.350 e. The molecule has 16 nitrogen and oxygen atoms in total. The highest BCUT2D eigenvalue weighted by molar-refractivity contribution is 5.69. The highest BCUT2D eigenvalue weighted by Gasteiger charge is 2.46. The summed E-state index contributed by atoms with van der Waals surface area (Å²) >= 11 is 0. The van der Waals surface area contributed by atoms with E-state index >= 15 is 0 Å². The fourth-order valence-electron chi connectivity index (χ4n) is 6.63. The van der Waals surface area contributed by atoms with Crippen LogP contribution in [0.2, 0.25) is 0 Å². The van der Waals surface area contributed by atoms with Gasteiger partial charge >= 0.3 is 17.6 Å². The molecule has 2 fully saturated rings. The Kier molecular flexibility index (Phi) is 13.5. The lowest BCUT2D eigenvalue weighted by Gasteiger charge is -2.37. The third-order valence-electron chi connectivity index (χ3n) is 9.93. The smallest absolute Gasteiger partial charge is 0.350 e. The van der Waals surface area contributed by atoms with Gasteiger partial charge in [0.1, 0.15) is 55.6 Å². The number of nitrogens with zero attached hydrogens (tertiary/aromatic N) is 8. The number of carboxylic acids is 2. The summed E-state index contributed by atoms with van der Waals surface area (Å²) in [7, 11) is 0. The van der Waals surface area contributed by atoms with Gasteiger partial charge in [-0.3, -0.25) is 9.59 Å². The Morgan fingerprint density at radius 1 is 0.897 bits per heavy atom. The molecule has 2 aromatic heterocycles. The van der Waals surface area contributed by atoms with E-state index in [1.807, 2.05) is 50.2 Å². The predicted octanol–water partition coefficient (Wildman–Crippen LogP) is 4.87. The van der Waals surface area contributed by atoms with Crippen molar-refractivity contribution in [3.05, 3.63) is 113 Å². The molecule has 0 aliphatic carbocycles. The molecule has 0 spiro atoms. The molecule has 0 bridgehead atoms. The first-order chi connectivity index (χ1) is 27.9. The van der Waals surface area contributed by atoms with Crippen molar-refractivity contribution in [2.45, 2.75) is 64.0 Å². The van der Waals surface area contributed by atoms with Gasteiger partial charge < -0.3 is 34.2 Å². The number of ether oxygens (including phenoxy) is 3. The molecule has 2 aliphatic rings. The second kappa shape index (κ2) is 18.9. The van der Waals surface area contributed by atoms with Gasteiger partial charge in [0.05, 0.1) is 18.3 Å². The Labute approximate surface area is 332 Å². The SMILES string of the molecule is CCC(C)n1ncn(-c2ccc(N3CCN(c4ccc(OC[C@H]5CO[C@](Cn6cncn6)(c6ccc(F)cc6F)O5)cc4)CC3)cc2)c1=O.O=C(O)CCCC(=O)O. The Balaban J connectivity index is 0.000000565. The Morgan fingerprint density at radius 2 is 1.52 bits per heavy atom. The number of aliphatic carboxylic acids is 2. The number of aromatic nitrogens is 6. The molecule has 4 heterocycles. The molecule has 58 heavy (non-hydrogen) atoms. The molecule has 1 unspecified atom stereocenters. The lowest BCUT2D eigenvalue weighted by molar-refractivity contribution is -0.192. The standard InChI is InChI=1S/C35H38F2N8O4.C5H8O4/c1-3-25(2)45-34(46)44(24-40-45)29-7-5-27(6-8-29)41-14-16-42(17-15-41)28-9-11-30(12-10-28)47-19-31-20-48-35(49-31,21-43-23-38-22-39-43)32-13-4-26(36)18-33(32)37;6-4(7)2-1-3-5(8)9/h4-13,18,22-25,31H,3,14-17,19-21H2,1-2H3;1-3H2,(H,6,7)(H,8,9)/t25?,31-,35-;/m0./s1. The lowest BCUT2D eigenvalue weighted by atomic mass is 10.0. The quantitative estimate of drug-likeness (QED) is 0.147. The second-order valence-electron chi connectivity index (χ2n) is 13.9. The first-order valence-corrected chi connectivity index (χ1v) is 19.0. The topological polar surface area (TPSA) is 179 Å². The van der Waals surface area contributed by atoms with E-state index in [0.717, 1.165) is 55.7 Å². The summed E-state index contributed by atoms with van der Waals surface area (Å²) in [5, 5.41) is 24.5. The highest BCUT2D eigenvalue weighted by Crippen LogP contribution is 2.38. The van der Waals surface area contributed by atoms with Crippen LogP contribution in [0.15, 0.2) is 90.5 Å². The van der Waals surface area contributed by atoms with Gasteiger partial charge in [-0.05, 0) is 80.4 Å². The summed E-state index contributed by atoms with van der Waals surface area (Å²) < 4.78 is 51.4. The number of carboxylic acid groups (broad SMARTS) is 2. The average Bonchev–Trinajstić information content (AvgIpc) is 3.98. The van der Waals surface area contributed by atoms with Crippen molar-refractivity contribution in [3.63, 3.8) is 0 Å². The molecule has 0 amide bonds. The Hall–Kier alpha value is -6.14. The van der Waals surface area contributed by atoms with Crippen molar-refractivity contribution < 1.29 is 42.8 Å². The minimum atomic E-state index is -1.51. The van der Waals surface area contributed by atoms with Gasteiger partial charge in [-0.2, -0.15) is 10.2 Å². The first kappa shape index (κ1) is 41.5. The third kappa shape index (κ3) is 10.2. The molecule has 5 aromatic rings. The molecule has 3 aromatic carbocycles. The number of carbonyl (C=O) groups is 2. The normalized spacial score (nSPS) is 18.4. The van der Waals surface area contributed by atoms with Crippen LogP contribution in [0, 0.1) is 11.6 Å². The minimum absolute atomic E-state index is 0.0334. The molecule has 7 rings (SSSR count). The summed E-state index contributed by atoms with van der Waals surface area (Å²) in [4.78, 5) is 41.0. The van der Waals surface area contributed by atoms with Crippen molar-refractivity contribution in [1.29, 1.82) is 0 Å². The summed E-state index contributed by atoms with van der Waals surface area (Å²) in [5.41, 5.74) is 2.95. The summed E-state index contributed by atoms with van der Waals surface area (Å²) in [6.45, 7) is 7.80. The fourth-order valence-corrected chi connectivity index (χ4v) is 6.63. The molecular weight excluding hydrogens is 758 g/mol. The summed E-state index contributed by atoms with van der Waals surface area (Å²) in [6.07, 6.45) is 4.85. The molecule has 2 saturated heterocycles. The van der Waals surface area contributed by atoms with Crippen LogP contribution < -0.4 is 20.2 Å². The van der Waals surface area contributed by atoms with E-state index in [0.29, 0.717) is 5.75 Å². The largest absolute Gasteiger partial charge is 0.491 e. The van der Waals surface area contributed by atoms with E-state index in [4.69, 9.17) is 24.4 Å².